The maximum absolute atomic E-state index is 11.4. The Morgan fingerprint density at radius 1 is 1.58 bits per heavy atom. The van der Waals surface area contributed by atoms with Crippen LogP contribution in [0.3, 0.4) is 0 Å². The average Bonchev–Trinajstić information content (AvgIpc) is 2.88. The molecule has 1 N–H and O–H groups in total. The standard InChI is InChI=1S/C11H16N2O4S2/c1-7-9(10(14)17-2)13-11(18-7)12-5-8-3-4-19(15,16)6-8/h8H,3-6H2,1-2H3,(H,12,13). The molecule has 0 aromatic carbocycles. The Kier molecular flexibility index (Phi) is 4.10. The molecule has 1 aliphatic rings. The zero-order chi connectivity index (χ0) is 14.0. The Labute approximate surface area is 116 Å². The molecule has 1 saturated heterocycles. The van der Waals surface area contributed by atoms with Crippen molar-refractivity contribution in [3.05, 3.63) is 10.6 Å². The molecule has 19 heavy (non-hydrogen) atoms. The molecular formula is C11H16N2O4S2. The van der Waals surface area contributed by atoms with E-state index in [0.29, 0.717) is 23.8 Å². The molecule has 0 bridgehead atoms. The summed E-state index contributed by atoms with van der Waals surface area (Å²) in [6.45, 7) is 2.36. The van der Waals surface area contributed by atoms with Crippen molar-refractivity contribution in [1.29, 1.82) is 0 Å². The minimum atomic E-state index is -2.85. The van der Waals surface area contributed by atoms with E-state index in [1.165, 1.54) is 18.4 Å². The summed E-state index contributed by atoms with van der Waals surface area (Å²) in [7, 11) is -1.53. The molecule has 1 unspecified atom stereocenters. The number of hydrogen-bond acceptors (Lipinski definition) is 7. The van der Waals surface area contributed by atoms with Crippen molar-refractivity contribution in [2.24, 2.45) is 5.92 Å². The monoisotopic (exact) mass is 304 g/mol. The maximum Gasteiger partial charge on any atom is 0.357 e. The summed E-state index contributed by atoms with van der Waals surface area (Å²) in [4.78, 5) is 16.4. The molecule has 2 heterocycles. The first kappa shape index (κ1) is 14.3. The van der Waals surface area contributed by atoms with E-state index in [0.717, 1.165) is 4.88 Å². The zero-order valence-corrected chi connectivity index (χ0v) is 12.4. The quantitative estimate of drug-likeness (QED) is 0.838. The zero-order valence-electron chi connectivity index (χ0n) is 10.8. The summed E-state index contributed by atoms with van der Waals surface area (Å²) >= 11 is 1.37. The molecule has 0 radical (unpaired) electrons. The van der Waals surface area contributed by atoms with E-state index in [-0.39, 0.29) is 17.4 Å². The van der Waals surface area contributed by atoms with Gasteiger partial charge in [0.25, 0.3) is 0 Å². The first-order valence-electron chi connectivity index (χ1n) is 5.91. The highest BCUT2D eigenvalue weighted by atomic mass is 32.2. The molecule has 1 aliphatic heterocycles. The number of carbonyl (C=O) groups excluding carboxylic acids is 1. The van der Waals surface area contributed by atoms with Crippen molar-refractivity contribution in [2.75, 3.05) is 30.5 Å². The van der Waals surface area contributed by atoms with Gasteiger partial charge in [-0.3, -0.25) is 0 Å². The van der Waals surface area contributed by atoms with E-state index >= 15 is 0 Å². The van der Waals surface area contributed by atoms with Crippen molar-refractivity contribution in [3.8, 4) is 0 Å². The van der Waals surface area contributed by atoms with Crippen LogP contribution in [0.25, 0.3) is 0 Å². The molecule has 6 nitrogen and oxygen atoms in total. The van der Waals surface area contributed by atoms with Gasteiger partial charge >= 0.3 is 5.97 Å². The van der Waals surface area contributed by atoms with E-state index in [2.05, 4.69) is 15.0 Å². The van der Waals surface area contributed by atoms with E-state index in [4.69, 9.17) is 0 Å². The van der Waals surface area contributed by atoms with Gasteiger partial charge in [0.2, 0.25) is 0 Å². The van der Waals surface area contributed by atoms with Gasteiger partial charge < -0.3 is 10.1 Å². The van der Waals surface area contributed by atoms with Crippen LogP contribution in [-0.2, 0) is 14.6 Å². The number of aryl methyl sites for hydroxylation is 1. The molecule has 2 rings (SSSR count). The number of sulfone groups is 1. The Hall–Kier alpha value is -1.15. The number of thiazole rings is 1. The lowest BCUT2D eigenvalue weighted by Crippen LogP contribution is -2.15. The largest absolute Gasteiger partial charge is 0.464 e. The van der Waals surface area contributed by atoms with Crippen LogP contribution in [0, 0.1) is 12.8 Å². The topological polar surface area (TPSA) is 85.4 Å². The fraction of sp³-hybridized carbons (Fsp3) is 0.636. The second kappa shape index (κ2) is 5.46. The fourth-order valence-corrected chi connectivity index (χ4v) is 4.69. The molecule has 0 saturated carbocycles. The van der Waals surface area contributed by atoms with Gasteiger partial charge in [0.15, 0.2) is 20.7 Å². The van der Waals surface area contributed by atoms with Crippen LogP contribution in [0.1, 0.15) is 21.8 Å². The van der Waals surface area contributed by atoms with Gasteiger partial charge in [-0.05, 0) is 19.3 Å². The Morgan fingerprint density at radius 3 is 2.89 bits per heavy atom. The second-order valence-electron chi connectivity index (χ2n) is 4.57. The van der Waals surface area contributed by atoms with Crippen LogP contribution in [0.15, 0.2) is 0 Å². The second-order valence-corrected chi connectivity index (χ2v) is 8.00. The van der Waals surface area contributed by atoms with Crippen molar-refractivity contribution in [1.82, 2.24) is 4.98 Å². The van der Waals surface area contributed by atoms with Crippen LogP contribution < -0.4 is 5.32 Å². The molecular weight excluding hydrogens is 288 g/mol. The number of rotatable bonds is 4. The normalized spacial score (nSPS) is 21.3. The minimum absolute atomic E-state index is 0.121. The molecule has 1 fully saturated rings. The van der Waals surface area contributed by atoms with Crippen molar-refractivity contribution in [3.63, 3.8) is 0 Å². The van der Waals surface area contributed by atoms with Crippen molar-refractivity contribution < 1.29 is 17.9 Å². The number of nitrogens with zero attached hydrogens (tertiary/aromatic N) is 1. The Bertz CT molecular complexity index is 580. The van der Waals surface area contributed by atoms with Gasteiger partial charge in [0.1, 0.15) is 0 Å². The van der Waals surface area contributed by atoms with Crippen LogP contribution >= 0.6 is 11.3 Å². The summed E-state index contributed by atoms with van der Waals surface area (Å²) < 4.78 is 27.3. The number of ether oxygens (including phenoxy) is 1. The molecule has 8 heteroatoms. The molecule has 1 atom stereocenters. The predicted octanol–water partition coefficient (Wildman–Crippen LogP) is 1.08. The van der Waals surface area contributed by atoms with E-state index < -0.39 is 15.8 Å². The number of methoxy groups -OCH3 is 1. The number of nitrogens with one attached hydrogen (secondary N) is 1. The lowest BCUT2D eigenvalue weighted by molar-refractivity contribution is 0.0594. The highest BCUT2D eigenvalue weighted by Crippen LogP contribution is 2.24. The van der Waals surface area contributed by atoms with Gasteiger partial charge in [-0.1, -0.05) is 0 Å². The molecule has 0 spiro atoms. The third-order valence-electron chi connectivity index (χ3n) is 3.04. The van der Waals surface area contributed by atoms with Crippen LogP contribution in [-0.4, -0.2) is 44.5 Å². The molecule has 0 amide bonds. The highest BCUT2D eigenvalue weighted by Gasteiger charge is 2.27. The first-order chi connectivity index (χ1) is 8.91. The lowest BCUT2D eigenvalue weighted by atomic mass is 10.1. The van der Waals surface area contributed by atoms with E-state index in [9.17, 15) is 13.2 Å². The van der Waals surface area contributed by atoms with Gasteiger partial charge in [0.05, 0.1) is 18.6 Å². The van der Waals surface area contributed by atoms with Gasteiger partial charge in [-0.2, -0.15) is 0 Å². The van der Waals surface area contributed by atoms with E-state index in [1.807, 2.05) is 0 Å². The smallest absolute Gasteiger partial charge is 0.357 e. The van der Waals surface area contributed by atoms with Gasteiger partial charge in [-0.25, -0.2) is 18.2 Å². The molecule has 106 valence electrons. The van der Waals surface area contributed by atoms with Crippen molar-refractivity contribution >= 4 is 32.3 Å². The summed E-state index contributed by atoms with van der Waals surface area (Å²) in [6, 6.07) is 0. The molecule has 1 aromatic rings. The third-order valence-corrected chi connectivity index (χ3v) is 5.81. The molecule has 1 aromatic heterocycles. The Morgan fingerprint density at radius 2 is 2.32 bits per heavy atom. The molecule has 0 aliphatic carbocycles. The third kappa shape index (κ3) is 3.44. The maximum atomic E-state index is 11.4. The van der Waals surface area contributed by atoms with Crippen LogP contribution in [0.5, 0.6) is 0 Å². The summed E-state index contributed by atoms with van der Waals surface area (Å²) in [5.41, 5.74) is 0.314. The Balaban J connectivity index is 1.96. The lowest BCUT2D eigenvalue weighted by Gasteiger charge is -2.07. The fourth-order valence-electron chi connectivity index (χ4n) is 2.02. The number of aromatic nitrogens is 1. The number of carbonyl (C=O) groups is 1. The minimum Gasteiger partial charge on any atom is -0.464 e. The summed E-state index contributed by atoms with van der Waals surface area (Å²) in [5, 5.41) is 3.73. The number of anilines is 1. The first-order valence-corrected chi connectivity index (χ1v) is 8.55. The van der Waals surface area contributed by atoms with E-state index in [1.54, 1.807) is 6.92 Å². The average molecular weight is 304 g/mol. The number of esters is 1. The van der Waals surface area contributed by atoms with Crippen LogP contribution in [0.4, 0.5) is 5.13 Å². The SMILES string of the molecule is COC(=O)c1nc(NCC2CCS(=O)(=O)C2)sc1C. The van der Waals surface area contributed by atoms with Crippen LogP contribution in [0.2, 0.25) is 0 Å². The summed E-state index contributed by atoms with van der Waals surface area (Å²) in [5.74, 6) is 0.166. The summed E-state index contributed by atoms with van der Waals surface area (Å²) in [6.07, 6.45) is 0.684. The predicted molar refractivity (Wildman–Crippen MR) is 73.4 cm³/mol. The number of hydrogen-bond donors (Lipinski definition) is 1. The van der Waals surface area contributed by atoms with Gasteiger partial charge in [-0.15, -0.1) is 11.3 Å². The highest BCUT2D eigenvalue weighted by molar-refractivity contribution is 7.91. The van der Waals surface area contributed by atoms with Gasteiger partial charge in [0, 0.05) is 11.4 Å². The van der Waals surface area contributed by atoms with Crippen molar-refractivity contribution in [2.45, 2.75) is 13.3 Å².